The van der Waals surface area contributed by atoms with Gasteiger partial charge in [-0.1, -0.05) is 66.2 Å². The van der Waals surface area contributed by atoms with E-state index in [9.17, 15) is 20.6 Å². The smallest absolute Gasteiger partial charge is 0.410 e. The normalized spacial score (nSPS) is 20.8. The van der Waals surface area contributed by atoms with Crippen LogP contribution >= 0.6 is 0 Å². The predicted molar refractivity (Wildman–Crippen MR) is 124 cm³/mol. The Bertz CT molecular complexity index is 1280. The van der Waals surface area contributed by atoms with Gasteiger partial charge in [-0.15, -0.1) is 0 Å². The minimum Gasteiger partial charge on any atom is -0.445 e. The van der Waals surface area contributed by atoms with Crippen molar-refractivity contribution in [3.63, 3.8) is 0 Å². The molecule has 2 N–H and O–H groups in total. The molecular weight excluding hydrogens is 426 g/mol. The number of ether oxygens (including phenoxy) is 1. The van der Waals surface area contributed by atoms with E-state index in [1.54, 1.807) is 6.08 Å². The Morgan fingerprint density at radius 3 is 2.41 bits per heavy atom. The third kappa shape index (κ3) is 3.76. The number of amides is 1. The van der Waals surface area contributed by atoms with Gasteiger partial charge in [-0.25, -0.2) is 4.79 Å². The summed E-state index contributed by atoms with van der Waals surface area (Å²) in [5, 5.41) is 30.2. The molecule has 0 saturated carbocycles. The zero-order valence-electron chi connectivity index (χ0n) is 18.7. The van der Waals surface area contributed by atoms with Crippen molar-refractivity contribution < 1.29 is 9.53 Å². The minimum absolute atomic E-state index is 0.0341. The Morgan fingerprint density at radius 2 is 1.79 bits per heavy atom. The number of hydrogen-bond acceptors (Lipinski definition) is 6. The lowest BCUT2D eigenvalue weighted by Crippen LogP contribution is -2.49. The molecule has 1 aliphatic carbocycles. The lowest BCUT2D eigenvalue weighted by atomic mass is 9.58. The Labute approximate surface area is 198 Å². The van der Waals surface area contributed by atoms with Crippen molar-refractivity contribution in [3.05, 3.63) is 94.2 Å². The van der Waals surface area contributed by atoms with Gasteiger partial charge in [-0.05, 0) is 23.6 Å². The molecule has 2 aliphatic rings. The predicted octanol–water partition coefficient (Wildman–Crippen LogP) is 4.06. The highest BCUT2D eigenvalue weighted by atomic mass is 16.6. The molecule has 0 bridgehead atoms. The molecule has 0 spiro atoms. The molecule has 0 saturated heterocycles. The summed E-state index contributed by atoms with van der Waals surface area (Å²) < 4.78 is 5.51. The van der Waals surface area contributed by atoms with E-state index < -0.39 is 23.3 Å². The van der Waals surface area contributed by atoms with Gasteiger partial charge in [-0.3, -0.25) is 0 Å². The van der Waals surface area contributed by atoms with Crippen LogP contribution in [0.1, 0.15) is 22.6 Å². The van der Waals surface area contributed by atoms with E-state index in [2.05, 4.69) is 18.2 Å². The number of nitrogens with two attached hydrogens (primary N) is 1. The van der Waals surface area contributed by atoms with Crippen molar-refractivity contribution in [2.75, 3.05) is 13.1 Å². The average Bonchev–Trinajstić information content (AvgIpc) is 2.88. The largest absolute Gasteiger partial charge is 0.445 e. The van der Waals surface area contributed by atoms with Gasteiger partial charge in [-0.2, -0.15) is 15.8 Å². The molecule has 1 amide bonds. The molecule has 1 aliphatic heterocycles. The summed E-state index contributed by atoms with van der Waals surface area (Å²) in [4.78, 5) is 14.4. The molecular formula is C27H23N5O2. The van der Waals surface area contributed by atoms with E-state index in [0.717, 1.165) is 16.7 Å². The van der Waals surface area contributed by atoms with Crippen LogP contribution in [0.4, 0.5) is 4.79 Å². The molecule has 168 valence electrons. The summed E-state index contributed by atoms with van der Waals surface area (Å²) in [7, 11) is 0. The topological polar surface area (TPSA) is 127 Å². The zero-order valence-corrected chi connectivity index (χ0v) is 18.7. The summed E-state index contributed by atoms with van der Waals surface area (Å²) in [6.07, 6.45) is 1.28. The molecule has 2 aromatic carbocycles. The van der Waals surface area contributed by atoms with E-state index in [0.29, 0.717) is 5.57 Å². The van der Waals surface area contributed by atoms with Crippen LogP contribution in [0.25, 0.3) is 0 Å². The number of rotatable bonds is 3. The highest BCUT2D eigenvalue weighted by molar-refractivity contribution is 5.69. The van der Waals surface area contributed by atoms with Crippen LogP contribution in [-0.4, -0.2) is 24.1 Å². The van der Waals surface area contributed by atoms with Gasteiger partial charge in [0.1, 0.15) is 12.7 Å². The van der Waals surface area contributed by atoms with Gasteiger partial charge >= 0.3 is 6.09 Å². The second kappa shape index (κ2) is 9.14. The second-order valence-electron chi connectivity index (χ2n) is 8.53. The van der Waals surface area contributed by atoms with Crippen molar-refractivity contribution in [1.82, 2.24) is 4.90 Å². The maximum atomic E-state index is 12.9. The third-order valence-corrected chi connectivity index (χ3v) is 6.56. The summed E-state index contributed by atoms with van der Waals surface area (Å²) in [6, 6.07) is 23.3. The lowest BCUT2D eigenvalue weighted by Gasteiger charge is -2.45. The first-order valence-corrected chi connectivity index (χ1v) is 10.9. The van der Waals surface area contributed by atoms with Crippen molar-refractivity contribution >= 4 is 6.09 Å². The summed E-state index contributed by atoms with van der Waals surface area (Å²) in [5.74, 6) is -1.13. The number of carbonyl (C=O) groups excluding carboxylic acids is 1. The van der Waals surface area contributed by atoms with Crippen molar-refractivity contribution in [2.45, 2.75) is 19.4 Å². The van der Waals surface area contributed by atoms with E-state index in [1.165, 1.54) is 4.90 Å². The molecule has 34 heavy (non-hydrogen) atoms. The Morgan fingerprint density at radius 1 is 1.12 bits per heavy atom. The van der Waals surface area contributed by atoms with E-state index in [4.69, 9.17) is 10.5 Å². The van der Waals surface area contributed by atoms with E-state index >= 15 is 0 Å². The number of hydrogen-bond donors (Lipinski definition) is 1. The Balaban J connectivity index is 1.73. The molecule has 7 nitrogen and oxygen atoms in total. The van der Waals surface area contributed by atoms with E-state index in [1.807, 2.05) is 61.5 Å². The first kappa shape index (κ1) is 22.6. The third-order valence-electron chi connectivity index (χ3n) is 6.56. The minimum atomic E-state index is -1.74. The van der Waals surface area contributed by atoms with Gasteiger partial charge in [0.25, 0.3) is 0 Å². The molecule has 0 radical (unpaired) electrons. The number of allylic oxidation sites excluding steroid dienone is 2. The van der Waals surface area contributed by atoms with Crippen LogP contribution in [0, 0.1) is 52.2 Å². The standard InChI is InChI=1S/C27H23N5O2/c1-18-7-9-20(10-8-18)24-23-14-32(26(33)34-15-19-5-3-2-4-6-19)12-11-21(23)22(13-28)25(31)27(24,16-29)17-30/h2-11,23-24H,12,14-15,31H2,1H3. The number of fused-ring (bicyclic) bond motifs is 1. The second-order valence-corrected chi connectivity index (χ2v) is 8.53. The number of benzene rings is 2. The fraction of sp³-hybridized carbons (Fsp3) is 0.259. The molecule has 4 rings (SSSR count). The first-order valence-electron chi connectivity index (χ1n) is 10.9. The molecule has 2 unspecified atom stereocenters. The van der Waals surface area contributed by atoms with Gasteiger partial charge < -0.3 is 15.4 Å². The monoisotopic (exact) mass is 449 g/mol. The van der Waals surface area contributed by atoms with Gasteiger partial charge in [0.2, 0.25) is 0 Å². The molecule has 7 heteroatoms. The van der Waals surface area contributed by atoms with Gasteiger partial charge in [0.05, 0.1) is 23.4 Å². The van der Waals surface area contributed by atoms with Crippen LogP contribution in [0.15, 0.2) is 77.5 Å². The van der Waals surface area contributed by atoms with Crippen LogP contribution in [-0.2, 0) is 11.3 Å². The molecule has 2 atom stereocenters. The molecule has 1 heterocycles. The Kier molecular flexibility index (Phi) is 6.09. The Hall–Kier alpha value is -4.54. The SMILES string of the molecule is Cc1ccc(C2C3CN(C(=O)OCc4ccccc4)CC=C3C(C#N)=C(N)C2(C#N)C#N)cc1. The fourth-order valence-electron chi connectivity index (χ4n) is 4.79. The average molecular weight is 450 g/mol. The van der Waals surface area contributed by atoms with Gasteiger partial charge in [0, 0.05) is 24.9 Å². The summed E-state index contributed by atoms with van der Waals surface area (Å²) >= 11 is 0. The number of nitrogens with zero attached hydrogens (tertiary/aromatic N) is 4. The summed E-state index contributed by atoms with van der Waals surface area (Å²) in [6.45, 7) is 2.52. The highest BCUT2D eigenvalue weighted by Gasteiger charge is 2.54. The number of nitriles is 3. The van der Waals surface area contributed by atoms with Crippen LogP contribution in [0.2, 0.25) is 0 Å². The van der Waals surface area contributed by atoms with Crippen molar-refractivity contribution in [1.29, 1.82) is 15.8 Å². The van der Waals surface area contributed by atoms with Crippen molar-refractivity contribution in [3.8, 4) is 18.2 Å². The maximum Gasteiger partial charge on any atom is 0.410 e. The van der Waals surface area contributed by atoms with Crippen LogP contribution < -0.4 is 5.73 Å². The van der Waals surface area contributed by atoms with E-state index in [-0.39, 0.29) is 31.0 Å². The molecule has 0 fully saturated rings. The van der Waals surface area contributed by atoms with Gasteiger partial charge in [0.15, 0.2) is 5.41 Å². The van der Waals surface area contributed by atoms with Crippen molar-refractivity contribution in [2.24, 2.45) is 17.1 Å². The maximum absolute atomic E-state index is 12.9. The highest BCUT2D eigenvalue weighted by Crippen LogP contribution is 2.54. The zero-order chi connectivity index (χ0) is 24.3. The van der Waals surface area contributed by atoms with Crippen LogP contribution in [0.5, 0.6) is 0 Å². The molecule has 2 aromatic rings. The first-order chi connectivity index (χ1) is 16.4. The lowest BCUT2D eigenvalue weighted by molar-refractivity contribution is 0.0898. The fourth-order valence-corrected chi connectivity index (χ4v) is 4.79. The number of carbonyl (C=O) groups is 1. The number of aryl methyl sites for hydroxylation is 1. The quantitative estimate of drug-likeness (QED) is 0.753. The van der Waals surface area contributed by atoms with Crippen LogP contribution in [0.3, 0.4) is 0 Å². The summed E-state index contributed by atoms with van der Waals surface area (Å²) in [5.41, 5.74) is 8.03. The molecule has 0 aromatic heterocycles.